The SMILES string of the molecule is CCOC1CC1C(=O)N1CCN(c2nc(C3CC3)c(-c3cccc4cnccc34)cc2N)CC1C1CC1. The van der Waals surface area contributed by atoms with Crippen LogP contribution in [0.2, 0.25) is 0 Å². The zero-order valence-corrected chi connectivity index (χ0v) is 21.5. The van der Waals surface area contributed by atoms with E-state index in [1.165, 1.54) is 36.6 Å². The van der Waals surface area contributed by atoms with Gasteiger partial charge in [0.2, 0.25) is 5.91 Å². The van der Waals surface area contributed by atoms with E-state index in [2.05, 4.69) is 45.1 Å². The van der Waals surface area contributed by atoms with E-state index < -0.39 is 0 Å². The Labute approximate surface area is 218 Å². The number of hydrogen-bond donors (Lipinski definition) is 1. The molecule has 0 spiro atoms. The van der Waals surface area contributed by atoms with Gasteiger partial charge in [0.05, 0.1) is 29.4 Å². The lowest BCUT2D eigenvalue weighted by molar-refractivity contribution is -0.136. The molecule has 3 aliphatic carbocycles. The maximum atomic E-state index is 13.3. The fraction of sp³-hybridized carbons (Fsp3) is 0.500. The molecule has 7 nitrogen and oxygen atoms in total. The Hall–Kier alpha value is -3.19. The minimum atomic E-state index is 0.0487. The molecule has 2 N–H and O–H groups in total. The van der Waals surface area contributed by atoms with Gasteiger partial charge in [0, 0.05) is 55.5 Å². The number of hydrogen-bond acceptors (Lipinski definition) is 6. The highest BCUT2D eigenvalue weighted by atomic mass is 16.5. The van der Waals surface area contributed by atoms with E-state index in [1.54, 1.807) is 0 Å². The molecule has 4 aliphatic rings. The quantitative estimate of drug-likeness (QED) is 0.513. The van der Waals surface area contributed by atoms with Crippen molar-refractivity contribution in [3.63, 3.8) is 0 Å². The zero-order chi connectivity index (χ0) is 25.1. The van der Waals surface area contributed by atoms with Gasteiger partial charge in [-0.25, -0.2) is 4.98 Å². The van der Waals surface area contributed by atoms with Gasteiger partial charge in [-0.15, -0.1) is 0 Å². The van der Waals surface area contributed by atoms with Gasteiger partial charge in [0.25, 0.3) is 0 Å². The predicted octanol–water partition coefficient (Wildman–Crippen LogP) is 4.61. The average Bonchev–Trinajstić information content (AvgIpc) is 3.77. The number of benzene rings is 1. The highest BCUT2D eigenvalue weighted by molar-refractivity contribution is 5.97. The summed E-state index contributed by atoms with van der Waals surface area (Å²) >= 11 is 0. The molecule has 1 saturated heterocycles. The first-order valence-electron chi connectivity index (χ1n) is 13.9. The fourth-order valence-electron chi connectivity index (χ4n) is 6.23. The summed E-state index contributed by atoms with van der Waals surface area (Å²) in [7, 11) is 0. The Morgan fingerprint density at radius 2 is 2.00 bits per heavy atom. The Balaban J connectivity index is 1.19. The van der Waals surface area contributed by atoms with Crippen LogP contribution in [0.25, 0.3) is 21.9 Å². The highest BCUT2D eigenvalue weighted by Gasteiger charge is 2.50. The van der Waals surface area contributed by atoms with E-state index in [4.69, 9.17) is 15.5 Å². The number of aromatic nitrogens is 2. The van der Waals surface area contributed by atoms with Gasteiger partial charge in [-0.1, -0.05) is 18.2 Å². The lowest BCUT2D eigenvalue weighted by Crippen LogP contribution is -2.57. The minimum absolute atomic E-state index is 0.0487. The van der Waals surface area contributed by atoms with Gasteiger partial charge >= 0.3 is 0 Å². The molecule has 1 aromatic carbocycles. The van der Waals surface area contributed by atoms with Crippen LogP contribution >= 0.6 is 0 Å². The molecule has 1 aliphatic heterocycles. The third-order valence-corrected chi connectivity index (χ3v) is 8.59. The molecule has 4 fully saturated rings. The van der Waals surface area contributed by atoms with Gasteiger partial charge in [0.1, 0.15) is 0 Å². The number of carbonyl (C=O) groups is 1. The van der Waals surface area contributed by atoms with Crippen molar-refractivity contribution in [2.24, 2.45) is 11.8 Å². The largest absolute Gasteiger partial charge is 0.396 e. The first-order chi connectivity index (χ1) is 18.1. The number of nitrogens with two attached hydrogens (primary N) is 1. The summed E-state index contributed by atoms with van der Waals surface area (Å²) in [5.41, 5.74) is 10.9. The molecule has 192 valence electrons. The number of ether oxygens (including phenoxy) is 1. The van der Waals surface area contributed by atoms with Crippen LogP contribution in [0.1, 0.15) is 50.6 Å². The van der Waals surface area contributed by atoms with Crippen molar-refractivity contribution in [2.75, 3.05) is 36.9 Å². The second kappa shape index (κ2) is 8.98. The summed E-state index contributed by atoms with van der Waals surface area (Å²) < 4.78 is 5.72. The Kier molecular flexibility index (Phi) is 5.57. The minimum Gasteiger partial charge on any atom is -0.396 e. The Morgan fingerprint density at radius 3 is 2.78 bits per heavy atom. The van der Waals surface area contributed by atoms with Crippen LogP contribution in [0, 0.1) is 11.8 Å². The summed E-state index contributed by atoms with van der Waals surface area (Å²) in [6.45, 7) is 4.98. The molecule has 0 bridgehead atoms. The van der Waals surface area contributed by atoms with E-state index >= 15 is 0 Å². The molecule has 3 saturated carbocycles. The third-order valence-electron chi connectivity index (χ3n) is 8.59. The molecule has 3 unspecified atom stereocenters. The molecule has 2 aromatic heterocycles. The number of pyridine rings is 2. The third kappa shape index (κ3) is 4.23. The van der Waals surface area contributed by atoms with Gasteiger partial charge in [-0.3, -0.25) is 9.78 Å². The zero-order valence-electron chi connectivity index (χ0n) is 21.5. The van der Waals surface area contributed by atoms with Crippen LogP contribution in [0.4, 0.5) is 11.5 Å². The molecular weight excluding hydrogens is 462 g/mol. The number of carbonyl (C=O) groups excluding carboxylic acids is 1. The van der Waals surface area contributed by atoms with Crippen molar-refractivity contribution in [3.8, 4) is 11.1 Å². The van der Waals surface area contributed by atoms with Gasteiger partial charge in [0.15, 0.2) is 5.82 Å². The number of rotatable bonds is 7. The molecule has 3 aromatic rings. The van der Waals surface area contributed by atoms with Crippen molar-refractivity contribution in [1.82, 2.24) is 14.9 Å². The summed E-state index contributed by atoms with van der Waals surface area (Å²) in [5, 5.41) is 2.31. The smallest absolute Gasteiger partial charge is 0.228 e. The summed E-state index contributed by atoms with van der Waals surface area (Å²) in [4.78, 5) is 27.4. The lowest BCUT2D eigenvalue weighted by atomic mass is 9.96. The summed E-state index contributed by atoms with van der Waals surface area (Å²) in [6.07, 6.45) is 9.50. The van der Waals surface area contributed by atoms with Crippen LogP contribution in [0.15, 0.2) is 42.7 Å². The highest BCUT2D eigenvalue weighted by Crippen LogP contribution is 2.47. The van der Waals surface area contributed by atoms with Crippen LogP contribution < -0.4 is 10.6 Å². The van der Waals surface area contributed by atoms with Gasteiger partial charge in [-0.05, 0) is 68.0 Å². The van der Waals surface area contributed by atoms with Crippen LogP contribution in [0.5, 0.6) is 0 Å². The lowest BCUT2D eigenvalue weighted by Gasteiger charge is -2.43. The molecule has 1 amide bonds. The second-order valence-corrected chi connectivity index (χ2v) is 11.2. The molecule has 37 heavy (non-hydrogen) atoms. The maximum absolute atomic E-state index is 13.3. The Bertz CT molecular complexity index is 1350. The van der Waals surface area contributed by atoms with E-state index in [1.807, 2.05) is 19.3 Å². The number of amides is 1. The monoisotopic (exact) mass is 497 g/mol. The van der Waals surface area contributed by atoms with E-state index in [9.17, 15) is 4.79 Å². The van der Waals surface area contributed by atoms with Crippen molar-refractivity contribution >= 4 is 28.2 Å². The maximum Gasteiger partial charge on any atom is 0.228 e. The van der Waals surface area contributed by atoms with Crippen LogP contribution in [0.3, 0.4) is 0 Å². The molecule has 0 radical (unpaired) electrons. The number of nitrogens with zero attached hydrogens (tertiary/aromatic N) is 4. The second-order valence-electron chi connectivity index (χ2n) is 11.2. The molecular formula is C30H35N5O2. The van der Waals surface area contributed by atoms with Crippen molar-refractivity contribution < 1.29 is 9.53 Å². The van der Waals surface area contributed by atoms with Crippen molar-refractivity contribution in [2.45, 2.75) is 57.1 Å². The van der Waals surface area contributed by atoms with Gasteiger partial charge in [-0.2, -0.15) is 0 Å². The Morgan fingerprint density at radius 1 is 1.14 bits per heavy atom. The molecule has 7 rings (SSSR count). The van der Waals surface area contributed by atoms with E-state index in [-0.39, 0.29) is 24.0 Å². The topological polar surface area (TPSA) is 84.6 Å². The number of fused-ring (bicyclic) bond motifs is 1. The fourth-order valence-corrected chi connectivity index (χ4v) is 6.23. The van der Waals surface area contributed by atoms with Crippen LogP contribution in [-0.2, 0) is 9.53 Å². The average molecular weight is 498 g/mol. The standard InChI is InChI=1S/C30H35N5O2/c1-2-37-27-15-24(27)30(36)35-13-12-34(17-26(35)18-6-7-18)29-25(31)14-23(28(33-29)19-8-9-19)22-5-3-4-20-16-32-11-10-21(20)22/h3-5,10-11,14,16,18-19,24,26-27H,2,6-9,12-13,15,17,31H2,1H3. The van der Waals surface area contributed by atoms with Crippen LogP contribution in [-0.4, -0.2) is 59.2 Å². The molecule has 3 heterocycles. The normalized spacial score (nSPS) is 25.5. The first-order valence-corrected chi connectivity index (χ1v) is 13.9. The summed E-state index contributed by atoms with van der Waals surface area (Å²) in [6, 6.07) is 10.8. The van der Waals surface area contributed by atoms with Crippen molar-refractivity contribution in [3.05, 3.63) is 48.4 Å². The number of anilines is 2. The summed E-state index contributed by atoms with van der Waals surface area (Å²) in [5.74, 6) is 2.30. The molecule has 7 heteroatoms. The predicted molar refractivity (Wildman–Crippen MR) is 145 cm³/mol. The first kappa shape index (κ1) is 23.0. The number of piperazine rings is 1. The van der Waals surface area contributed by atoms with E-state index in [0.717, 1.165) is 54.2 Å². The van der Waals surface area contributed by atoms with Gasteiger partial charge < -0.3 is 20.3 Å². The van der Waals surface area contributed by atoms with E-state index in [0.29, 0.717) is 18.4 Å². The number of nitrogen functional groups attached to an aromatic ring is 1. The molecule has 3 atom stereocenters. The van der Waals surface area contributed by atoms with Crippen molar-refractivity contribution in [1.29, 1.82) is 0 Å².